The molecule has 19 heavy (non-hydrogen) atoms. The van der Waals surface area contributed by atoms with Crippen LogP contribution in [-0.4, -0.2) is 54.3 Å². The van der Waals surface area contributed by atoms with Crippen LogP contribution in [0.15, 0.2) is 12.3 Å². The minimum absolute atomic E-state index is 0.0278. The van der Waals surface area contributed by atoms with Gasteiger partial charge in [0.1, 0.15) is 5.69 Å². The Kier molecular flexibility index (Phi) is 3.96. The molecule has 1 atom stereocenters. The summed E-state index contributed by atoms with van der Waals surface area (Å²) in [5.41, 5.74) is 1.28. The number of morpholine rings is 1. The van der Waals surface area contributed by atoms with E-state index in [1.54, 1.807) is 13.3 Å². The Morgan fingerprint density at radius 2 is 2.37 bits per heavy atom. The molecule has 0 spiro atoms. The van der Waals surface area contributed by atoms with Gasteiger partial charge in [0.15, 0.2) is 0 Å². The lowest BCUT2D eigenvalue weighted by Crippen LogP contribution is -2.55. The summed E-state index contributed by atoms with van der Waals surface area (Å²) in [6, 6.07) is 1.91. The van der Waals surface area contributed by atoms with Gasteiger partial charge in [-0.05, 0) is 32.4 Å². The van der Waals surface area contributed by atoms with Gasteiger partial charge in [-0.15, -0.1) is 0 Å². The first-order valence-electron chi connectivity index (χ1n) is 6.53. The largest absolute Gasteiger partial charge is 0.382 e. The Morgan fingerprint density at radius 3 is 2.95 bits per heavy atom. The number of amides is 1. The molecule has 2 heterocycles. The number of nitrogens with zero attached hydrogens (tertiary/aromatic N) is 1. The molecule has 0 aliphatic carbocycles. The molecule has 1 aromatic heterocycles. The van der Waals surface area contributed by atoms with E-state index in [1.165, 1.54) is 0 Å². The number of aromatic nitrogens is 1. The van der Waals surface area contributed by atoms with Gasteiger partial charge in [0, 0.05) is 26.4 Å². The van der Waals surface area contributed by atoms with Gasteiger partial charge in [-0.3, -0.25) is 4.79 Å². The number of carbonyl (C=O) groups excluding carboxylic acids is 1. The monoisotopic (exact) mass is 266 g/mol. The third-order valence-electron chi connectivity index (χ3n) is 3.29. The predicted molar refractivity (Wildman–Crippen MR) is 72.3 cm³/mol. The number of H-pyrrole nitrogens is 1. The maximum absolute atomic E-state index is 12.5. The van der Waals surface area contributed by atoms with Crippen LogP contribution in [0.4, 0.5) is 0 Å². The van der Waals surface area contributed by atoms with E-state index in [4.69, 9.17) is 9.47 Å². The molecule has 1 aromatic rings. The van der Waals surface area contributed by atoms with E-state index >= 15 is 0 Å². The zero-order valence-electron chi connectivity index (χ0n) is 12.0. The van der Waals surface area contributed by atoms with Crippen LogP contribution >= 0.6 is 0 Å². The highest BCUT2D eigenvalue weighted by Crippen LogP contribution is 2.23. The van der Waals surface area contributed by atoms with Crippen LogP contribution in [0.3, 0.4) is 0 Å². The summed E-state index contributed by atoms with van der Waals surface area (Å²) in [7, 11) is 1.65. The fraction of sp³-hybridized carbons (Fsp3) is 0.643. The minimum atomic E-state index is -0.350. The molecule has 5 nitrogen and oxygen atoms in total. The van der Waals surface area contributed by atoms with Crippen molar-refractivity contribution >= 4 is 5.91 Å². The Morgan fingerprint density at radius 1 is 1.63 bits per heavy atom. The van der Waals surface area contributed by atoms with Gasteiger partial charge in [-0.25, -0.2) is 0 Å². The Balaban J connectivity index is 2.15. The number of hydrogen-bond donors (Lipinski definition) is 1. The second-order valence-corrected chi connectivity index (χ2v) is 5.68. The van der Waals surface area contributed by atoms with Gasteiger partial charge in [0.2, 0.25) is 0 Å². The number of aryl methyl sites for hydroxylation is 1. The fourth-order valence-corrected chi connectivity index (χ4v) is 2.56. The third kappa shape index (κ3) is 3.16. The van der Waals surface area contributed by atoms with E-state index in [-0.39, 0.29) is 17.6 Å². The molecule has 1 fully saturated rings. The van der Waals surface area contributed by atoms with Gasteiger partial charge >= 0.3 is 0 Å². The first-order chi connectivity index (χ1) is 8.93. The maximum atomic E-state index is 12.5. The van der Waals surface area contributed by atoms with Crippen molar-refractivity contribution in [2.24, 2.45) is 0 Å². The highest BCUT2D eigenvalue weighted by molar-refractivity contribution is 5.94. The van der Waals surface area contributed by atoms with Gasteiger partial charge in [0.05, 0.1) is 18.3 Å². The number of ether oxygens (including phenoxy) is 2. The Hall–Kier alpha value is -1.33. The van der Waals surface area contributed by atoms with Gasteiger partial charge in [0.25, 0.3) is 5.91 Å². The third-order valence-corrected chi connectivity index (χ3v) is 3.29. The van der Waals surface area contributed by atoms with Crippen molar-refractivity contribution in [1.82, 2.24) is 9.88 Å². The second kappa shape index (κ2) is 5.35. The van der Waals surface area contributed by atoms with E-state index in [0.29, 0.717) is 25.4 Å². The summed E-state index contributed by atoms with van der Waals surface area (Å²) >= 11 is 0. The van der Waals surface area contributed by atoms with Crippen LogP contribution in [0, 0.1) is 6.92 Å². The first kappa shape index (κ1) is 14.1. The summed E-state index contributed by atoms with van der Waals surface area (Å²) in [6.45, 7) is 7.57. The number of carbonyl (C=O) groups is 1. The van der Waals surface area contributed by atoms with Crippen LogP contribution < -0.4 is 0 Å². The van der Waals surface area contributed by atoms with E-state index in [9.17, 15) is 4.79 Å². The van der Waals surface area contributed by atoms with Crippen molar-refractivity contribution in [3.05, 3.63) is 23.5 Å². The average molecular weight is 266 g/mol. The lowest BCUT2D eigenvalue weighted by Gasteiger charge is -2.42. The molecule has 1 aliphatic rings. The van der Waals surface area contributed by atoms with Crippen molar-refractivity contribution in [1.29, 1.82) is 0 Å². The van der Waals surface area contributed by atoms with Crippen molar-refractivity contribution in [2.45, 2.75) is 32.5 Å². The fourth-order valence-electron chi connectivity index (χ4n) is 2.56. The topological polar surface area (TPSA) is 54.6 Å². The summed E-state index contributed by atoms with van der Waals surface area (Å²) in [4.78, 5) is 17.4. The van der Waals surface area contributed by atoms with E-state index in [0.717, 1.165) is 5.56 Å². The first-order valence-corrected chi connectivity index (χ1v) is 6.53. The smallest absolute Gasteiger partial charge is 0.270 e. The summed E-state index contributed by atoms with van der Waals surface area (Å²) in [5.74, 6) is 0.0278. The van der Waals surface area contributed by atoms with Crippen LogP contribution in [0.5, 0.6) is 0 Å². The van der Waals surface area contributed by atoms with Crippen LogP contribution in [0.2, 0.25) is 0 Å². The molecular weight excluding hydrogens is 244 g/mol. The number of hydrogen-bond acceptors (Lipinski definition) is 3. The van der Waals surface area contributed by atoms with Crippen LogP contribution in [0.25, 0.3) is 0 Å². The minimum Gasteiger partial charge on any atom is -0.382 e. The molecule has 0 aromatic carbocycles. The lowest BCUT2D eigenvalue weighted by molar-refractivity contribution is -0.143. The summed E-state index contributed by atoms with van der Waals surface area (Å²) in [6.07, 6.45) is 1.72. The SMILES string of the molecule is COC[C@@H]1CN(C(=O)c2[nH]ccc2C)CC(C)(C)O1. The summed E-state index contributed by atoms with van der Waals surface area (Å²) in [5, 5.41) is 0. The molecule has 1 amide bonds. The van der Waals surface area contributed by atoms with Crippen LogP contribution in [-0.2, 0) is 9.47 Å². The summed E-state index contributed by atoms with van der Waals surface area (Å²) < 4.78 is 11.1. The molecule has 0 saturated carbocycles. The standard InChI is InChI=1S/C14H22N2O3/c1-10-5-6-15-12(10)13(17)16-7-11(8-18-4)19-14(2,3)9-16/h5-6,11,15H,7-9H2,1-4H3/t11-/m0/s1. The van der Waals surface area contributed by atoms with Crippen molar-refractivity contribution in [3.8, 4) is 0 Å². The van der Waals surface area contributed by atoms with E-state index in [1.807, 2.05) is 31.7 Å². The number of nitrogens with one attached hydrogen (secondary N) is 1. The molecule has 1 aliphatic heterocycles. The predicted octanol–water partition coefficient (Wildman–Crippen LogP) is 1.59. The Bertz CT molecular complexity index is 453. The Labute approximate surface area is 113 Å². The molecule has 0 radical (unpaired) electrons. The zero-order chi connectivity index (χ0) is 14.0. The zero-order valence-corrected chi connectivity index (χ0v) is 12.0. The highest BCUT2D eigenvalue weighted by atomic mass is 16.5. The van der Waals surface area contributed by atoms with E-state index < -0.39 is 0 Å². The second-order valence-electron chi connectivity index (χ2n) is 5.68. The number of rotatable bonds is 3. The molecule has 106 valence electrons. The van der Waals surface area contributed by atoms with Crippen molar-refractivity contribution in [2.75, 3.05) is 26.8 Å². The highest BCUT2D eigenvalue weighted by Gasteiger charge is 2.36. The molecular formula is C14H22N2O3. The molecule has 2 rings (SSSR count). The van der Waals surface area contributed by atoms with Crippen molar-refractivity contribution in [3.63, 3.8) is 0 Å². The molecule has 1 N–H and O–H groups in total. The average Bonchev–Trinajstić information content (AvgIpc) is 2.73. The van der Waals surface area contributed by atoms with Crippen molar-refractivity contribution < 1.29 is 14.3 Å². The molecule has 0 bridgehead atoms. The molecule has 0 unspecified atom stereocenters. The lowest BCUT2D eigenvalue weighted by atomic mass is 10.0. The quantitative estimate of drug-likeness (QED) is 0.904. The van der Waals surface area contributed by atoms with E-state index in [2.05, 4.69) is 4.98 Å². The number of methoxy groups -OCH3 is 1. The molecule has 5 heteroatoms. The van der Waals surface area contributed by atoms with Gasteiger partial charge in [-0.2, -0.15) is 0 Å². The van der Waals surface area contributed by atoms with Crippen LogP contribution in [0.1, 0.15) is 29.9 Å². The molecule has 1 saturated heterocycles. The normalized spacial score (nSPS) is 22.5. The van der Waals surface area contributed by atoms with Gasteiger partial charge < -0.3 is 19.4 Å². The van der Waals surface area contributed by atoms with Gasteiger partial charge in [-0.1, -0.05) is 0 Å². The number of aromatic amines is 1. The maximum Gasteiger partial charge on any atom is 0.270 e.